The van der Waals surface area contributed by atoms with E-state index >= 15 is 0 Å². The van der Waals surface area contributed by atoms with E-state index in [2.05, 4.69) is 32.2 Å². The predicted molar refractivity (Wildman–Crippen MR) is 43.0 cm³/mol. The molecule has 0 amide bonds. The first kappa shape index (κ1) is 11.7. The van der Waals surface area contributed by atoms with Crippen LogP contribution in [0.3, 0.4) is 0 Å². The van der Waals surface area contributed by atoms with E-state index in [1.807, 2.05) is 0 Å². The van der Waals surface area contributed by atoms with Gasteiger partial charge >= 0.3 is 0 Å². The van der Waals surface area contributed by atoms with Crippen LogP contribution in [0, 0.1) is 5.92 Å². The van der Waals surface area contributed by atoms with Crippen molar-refractivity contribution in [1.29, 1.82) is 0 Å². The Morgan fingerprint density at radius 2 is 1.33 bits per heavy atom. The molecule has 0 spiro atoms. The first-order chi connectivity index (χ1) is 4.22. The Labute approximate surface area is 58.6 Å². The van der Waals surface area contributed by atoms with Gasteiger partial charge in [-0.25, -0.2) is 0 Å². The molecular weight excluding hydrogens is 112 g/mol. The Balaban J connectivity index is 0. The summed E-state index contributed by atoms with van der Waals surface area (Å²) in [4.78, 5) is 0. The molecular formula is C7H20N2. The molecule has 0 rings (SSSR count). The number of nitrogens with two attached hydrogens (primary N) is 2. The van der Waals surface area contributed by atoms with E-state index in [9.17, 15) is 0 Å². The third-order valence-corrected chi connectivity index (χ3v) is 1.39. The normalized spacial score (nSPS) is 8.67. The Hall–Kier alpha value is -0.0800. The fourth-order valence-corrected chi connectivity index (χ4v) is 0.289. The van der Waals surface area contributed by atoms with Gasteiger partial charge in [0.05, 0.1) is 0 Å². The van der Waals surface area contributed by atoms with Gasteiger partial charge in [-0.2, -0.15) is 0 Å². The summed E-state index contributed by atoms with van der Waals surface area (Å²) in [5.41, 5.74) is 9.25. The van der Waals surface area contributed by atoms with Crippen molar-refractivity contribution in [3.8, 4) is 0 Å². The average Bonchev–Trinajstić information content (AvgIpc) is 1.88. The van der Waals surface area contributed by atoms with Crippen molar-refractivity contribution in [2.24, 2.45) is 17.4 Å². The summed E-state index contributed by atoms with van der Waals surface area (Å²) in [7, 11) is 0. The maximum Gasteiger partial charge on any atom is 0.0403 e. The fraction of sp³-hybridized carbons (Fsp3) is 1.00. The lowest BCUT2D eigenvalue weighted by Crippen LogP contribution is -2.08. The van der Waals surface area contributed by atoms with Crippen LogP contribution in [0.2, 0.25) is 0 Å². The Kier molecular flexibility index (Phi) is 14.0. The average molecular weight is 132 g/mol. The van der Waals surface area contributed by atoms with Gasteiger partial charge in [-0.3, -0.25) is 0 Å². The van der Waals surface area contributed by atoms with E-state index in [4.69, 9.17) is 0 Å². The maximum absolute atomic E-state index is 4.62. The minimum Gasteiger partial charge on any atom is -0.319 e. The van der Waals surface area contributed by atoms with Crippen molar-refractivity contribution >= 4 is 0 Å². The minimum absolute atomic E-state index is 0.250. The molecule has 0 saturated heterocycles. The summed E-state index contributed by atoms with van der Waals surface area (Å²) in [5.74, 6) is 0.935. The minimum atomic E-state index is 0.250. The Bertz CT molecular complexity index is 33.9. The van der Waals surface area contributed by atoms with Crippen LogP contribution in [0.5, 0.6) is 0 Å². The van der Waals surface area contributed by atoms with Crippen LogP contribution in [0.1, 0.15) is 33.6 Å². The van der Waals surface area contributed by atoms with Crippen LogP contribution >= 0.6 is 0 Å². The summed E-state index contributed by atoms with van der Waals surface area (Å²) in [6.07, 6.45) is 2.66. The molecule has 4 N–H and O–H groups in total. The Morgan fingerprint density at radius 3 is 1.33 bits per heavy atom. The molecule has 0 aliphatic heterocycles. The molecule has 2 nitrogen and oxygen atoms in total. The lowest BCUT2D eigenvalue weighted by Gasteiger charge is -1.98. The highest BCUT2D eigenvalue weighted by molar-refractivity contribution is 4.41. The molecule has 0 heterocycles. The highest BCUT2D eigenvalue weighted by Gasteiger charge is 1.88. The molecule has 0 aromatic heterocycles. The van der Waals surface area contributed by atoms with E-state index in [-0.39, 0.29) is 6.67 Å². The molecule has 0 atom stereocenters. The maximum atomic E-state index is 4.62. The van der Waals surface area contributed by atoms with Gasteiger partial charge < -0.3 is 11.5 Å². The van der Waals surface area contributed by atoms with Gasteiger partial charge in [0.25, 0.3) is 0 Å². The second-order valence-electron chi connectivity index (χ2n) is 2.16. The zero-order valence-corrected chi connectivity index (χ0v) is 6.85. The topological polar surface area (TPSA) is 52.0 Å². The predicted octanol–water partition coefficient (Wildman–Crippen LogP) is 1.30. The van der Waals surface area contributed by atoms with Gasteiger partial charge in [-0.15, -0.1) is 0 Å². The lowest BCUT2D eigenvalue weighted by atomic mass is 10.1. The molecule has 0 bridgehead atoms. The zero-order valence-electron chi connectivity index (χ0n) is 6.85. The summed E-state index contributed by atoms with van der Waals surface area (Å²) in [6.45, 7) is 6.99. The van der Waals surface area contributed by atoms with Gasteiger partial charge in [0.2, 0.25) is 0 Å². The van der Waals surface area contributed by atoms with Crippen molar-refractivity contribution in [3.63, 3.8) is 0 Å². The summed E-state index contributed by atoms with van der Waals surface area (Å²) < 4.78 is 0. The third-order valence-electron chi connectivity index (χ3n) is 1.39. The molecule has 58 valence electrons. The van der Waals surface area contributed by atoms with Crippen molar-refractivity contribution in [3.05, 3.63) is 0 Å². The molecule has 0 saturated carbocycles. The molecule has 0 radical (unpaired) electrons. The van der Waals surface area contributed by atoms with Crippen LogP contribution in [-0.4, -0.2) is 6.67 Å². The van der Waals surface area contributed by atoms with E-state index in [1.165, 1.54) is 12.8 Å². The van der Waals surface area contributed by atoms with Gasteiger partial charge in [0.1, 0.15) is 0 Å². The largest absolute Gasteiger partial charge is 0.319 e. The molecule has 9 heavy (non-hydrogen) atoms. The quantitative estimate of drug-likeness (QED) is 0.556. The van der Waals surface area contributed by atoms with Crippen LogP contribution < -0.4 is 11.5 Å². The number of hydrogen-bond acceptors (Lipinski definition) is 2. The zero-order chi connectivity index (χ0) is 7.70. The van der Waals surface area contributed by atoms with E-state index < -0.39 is 0 Å². The lowest BCUT2D eigenvalue weighted by molar-refractivity contribution is 0.544. The molecule has 0 aromatic carbocycles. The second-order valence-corrected chi connectivity index (χ2v) is 2.16. The smallest absolute Gasteiger partial charge is 0.0403 e. The standard InChI is InChI=1S/C6H14.CH6N2/c1-4-6(3)5-2;2-1-3/h6H,4-5H2,1-3H3;1-3H2. The first-order valence-electron chi connectivity index (χ1n) is 3.62. The summed E-state index contributed by atoms with van der Waals surface area (Å²) in [5, 5.41) is 0. The van der Waals surface area contributed by atoms with Gasteiger partial charge in [-0.05, 0) is 5.92 Å². The first-order valence-corrected chi connectivity index (χ1v) is 3.62. The van der Waals surface area contributed by atoms with E-state index in [1.54, 1.807) is 0 Å². The van der Waals surface area contributed by atoms with Gasteiger partial charge in [0.15, 0.2) is 0 Å². The molecule has 0 aliphatic carbocycles. The highest BCUT2D eigenvalue weighted by atomic mass is 14.7. The molecule has 0 fully saturated rings. The van der Waals surface area contributed by atoms with Crippen molar-refractivity contribution in [2.75, 3.05) is 6.67 Å². The van der Waals surface area contributed by atoms with Crippen molar-refractivity contribution in [1.82, 2.24) is 0 Å². The van der Waals surface area contributed by atoms with Crippen LogP contribution in [-0.2, 0) is 0 Å². The summed E-state index contributed by atoms with van der Waals surface area (Å²) >= 11 is 0. The highest BCUT2D eigenvalue weighted by Crippen LogP contribution is 2.02. The monoisotopic (exact) mass is 132 g/mol. The van der Waals surface area contributed by atoms with Gasteiger partial charge in [0, 0.05) is 6.67 Å². The molecule has 0 unspecified atom stereocenters. The van der Waals surface area contributed by atoms with Gasteiger partial charge in [-0.1, -0.05) is 33.6 Å². The molecule has 2 heteroatoms. The van der Waals surface area contributed by atoms with Crippen LogP contribution in [0.15, 0.2) is 0 Å². The second kappa shape index (κ2) is 10.8. The van der Waals surface area contributed by atoms with Crippen LogP contribution in [0.25, 0.3) is 0 Å². The van der Waals surface area contributed by atoms with E-state index in [0.717, 1.165) is 5.92 Å². The number of rotatable bonds is 2. The summed E-state index contributed by atoms with van der Waals surface area (Å²) in [6, 6.07) is 0. The van der Waals surface area contributed by atoms with Crippen LogP contribution in [0.4, 0.5) is 0 Å². The molecule has 0 aromatic rings. The van der Waals surface area contributed by atoms with Crippen molar-refractivity contribution in [2.45, 2.75) is 33.6 Å². The fourth-order valence-electron chi connectivity index (χ4n) is 0.289. The number of hydrogen-bond donors (Lipinski definition) is 2. The third kappa shape index (κ3) is 18.1. The van der Waals surface area contributed by atoms with Crippen molar-refractivity contribution < 1.29 is 0 Å². The Morgan fingerprint density at radius 1 is 1.11 bits per heavy atom. The SMILES string of the molecule is CCC(C)CC.NCN. The molecule has 0 aliphatic rings. The van der Waals surface area contributed by atoms with E-state index in [0.29, 0.717) is 0 Å².